The molecule has 2 aromatic heterocycles. The summed E-state index contributed by atoms with van der Waals surface area (Å²) in [6.45, 7) is 0. The summed E-state index contributed by atoms with van der Waals surface area (Å²) in [4.78, 5) is 19.8. The van der Waals surface area contributed by atoms with Crippen molar-refractivity contribution in [1.82, 2.24) is 14.5 Å². The molecule has 1 N–H and O–H groups in total. The second-order valence-electron chi connectivity index (χ2n) is 5.55. The van der Waals surface area contributed by atoms with Gasteiger partial charge in [-0.25, -0.2) is 9.97 Å². The molecule has 0 aliphatic rings. The Morgan fingerprint density at radius 3 is 2.73 bits per heavy atom. The fraction of sp³-hybridized carbons (Fsp3) is 0.0526. The van der Waals surface area contributed by atoms with Gasteiger partial charge in [0, 0.05) is 17.0 Å². The molecular formula is C19H12N4O2S. The van der Waals surface area contributed by atoms with Crippen molar-refractivity contribution in [2.75, 3.05) is 5.75 Å². The zero-order valence-electron chi connectivity index (χ0n) is 13.5. The number of nitrogens with zero attached hydrogens (tertiary/aromatic N) is 4. The molecule has 0 saturated heterocycles. The molecule has 0 fully saturated rings. The summed E-state index contributed by atoms with van der Waals surface area (Å²) in [7, 11) is 0. The molecule has 7 heteroatoms. The molecule has 0 unspecified atom stereocenters. The number of hydrogen-bond acceptors (Lipinski definition) is 5. The number of rotatable bonds is 4. The largest absolute Gasteiger partial charge is 0.481 e. The fourth-order valence-corrected chi connectivity index (χ4v) is 3.65. The van der Waals surface area contributed by atoms with Crippen molar-refractivity contribution in [1.29, 1.82) is 5.26 Å². The van der Waals surface area contributed by atoms with Gasteiger partial charge in [-0.2, -0.15) is 5.26 Å². The lowest BCUT2D eigenvalue weighted by molar-refractivity contribution is -0.133. The lowest BCUT2D eigenvalue weighted by Crippen LogP contribution is -2.02. The number of benzene rings is 2. The van der Waals surface area contributed by atoms with Gasteiger partial charge in [0.05, 0.1) is 28.6 Å². The number of aliphatic carboxylic acids is 1. The van der Waals surface area contributed by atoms with E-state index in [-0.39, 0.29) is 5.75 Å². The molecule has 4 aromatic rings. The number of pyridine rings is 1. The maximum Gasteiger partial charge on any atom is 0.313 e. The Hall–Kier alpha value is -3.37. The van der Waals surface area contributed by atoms with E-state index in [1.807, 2.05) is 47.0 Å². The highest BCUT2D eigenvalue weighted by molar-refractivity contribution is 7.99. The second-order valence-corrected chi connectivity index (χ2v) is 6.49. The molecule has 6 nitrogen and oxygen atoms in total. The smallest absolute Gasteiger partial charge is 0.313 e. The van der Waals surface area contributed by atoms with Crippen LogP contribution in [0.4, 0.5) is 0 Å². The summed E-state index contributed by atoms with van der Waals surface area (Å²) in [6.07, 6.45) is 1.65. The molecule has 0 amide bonds. The number of thioether (sulfide) groups is 1. The van der Waals surface area contributed by atoms with E-state index in [4.69, 9.17) is 5.11 Å². The summed E-state index contributed by atoms with van der Waals surface area (Å²) in [5.74, 6) is -1.01. The van der Waals surface area contributed by atoms with Crippen LogP contribution >= 0.6 is 11.8 Å². The number of nitriles is 1. The topological polar surface area (TPSA) is 91.8 Å². The normalized spacial score (nSPS) is 10.9. The highest BCUT2D eigenvalue weighted by atomic mass is 32.2. The van der Waals surface area contributed by atoms with Crippen molar-refractivity contribution in [2.24, 2.45) is 0 Å². The molecule has 0 atom stereocenters. The quantitative estimate of drug-likeness (QED) is 0.559. The molecule has 2 aromatic carbocycles. The van der Waals surface area contributed by atoms with E-state index >= 15 is 0 Å². The molecule has 4 rings (SSSR count). The third kappa shape index (κ3) is 2.66. The van der Waals surface area contributed by atoms with Gasteiger partial charge >= 0.3 is 5.97 Å². The average Bonchev–Trinajstić information content (AvgIpc) is 3.03. The van der Waals surface area contributed by atoms with Gasteiger partial charge in [-0.1, -0.05) is 36.0 Å². The molecular weight excluding hydrogens is 348 g/mol. The molecule has 126 valence electrons. The van der Waals surface area contributed by atoms with Crippen molar-refractivity contribution in [3.8, 4) is 11.8 Å². The fourth-order valence-electron chi connectivity index (χ4n) is 2.92. The average molecular weight is 360 g/mol. The highest BCUT2D eigenvalue weighted by Gasteiger charge is 2.17. The van der Waals surface area contributed by atoms with Gasteiger partial charge in [-0.05, 0) is 24.3 Å². The highest BCUT2D eigenvalue weighted by Crippen LogP contribution is 2.32. The minimum absolute atomic E-state index is 0.0997. The lowest BCUT2D eigenvalue weighted by atomic mass is 10.0. The van der Waals surface area contributed by atoms with Gasteiger partial charge in [0.25, 0.3) is 0 Å². The monoisotopic (exact) mass is 360 g/mol. The third-order valence-corrected chi connectivity index (χ3v) is 4.91. The summed E-state index contributed by atoms with van der Waals surface area (Å²) < 4.78 is 1.90. The standard InChI is InChI=1S/C19H12N4O2S/c20-10-12-7-8-15(14-5-2-1-4-13(12)14)23-16-6-3-9-21-18(16)22-19(23)26-11-17(24)25/h1-9H,11H2,(H,24,25). The third-order valence-electron chi connectivity index (χ3n) is 3.99. The molecule has 0 aliphatic carbocycles. The lowest BCUT2D eigenvalue weighted by Gasteiger charge is -2.12. The predicted octanol–water partition coefficient (Wildman–Crippen LogP) is 3.62. The predicted molar refractivity (Wildman–Crippen MR) is 99.4 cm³/mol. The van der Waals surface area contributed by atoms with E-state index in [0.29, 0.717) is 16.4 Å². The molecule has 0 aliphatic heterocycles. The second kappa shape index (κ2) is 6.50. The van der Waals surface area contributed by atoms with E-state index in [1.165, 1.54) is 0 Å². The Bertz CT molecular complexity index is 1190. The van der Waals surface area contributed by atoms with Gasteiger partial charge in [-0.15, -0.1) is 0 Å². The molecule has 0 bridgehead atoms. The number of carboxylic acids is 1. The van der Waals surface area contributed by atoms with Gasteiger partial charge < -0.3 is 5.11 Å². The summed E-state index contributed by atoms with van der Waals surface area (Å²) in [6, 6.07) is 17.2. The number of fused-ring (bicyclic) bond motifs is 2. The first-order chi connectivity index (χ1) is 12.7. The van der Waals surface area contributed by atoms with Crippen molar-refractivity contribution >= 4 is 39.7 Å². The SMILES string of the molecule is N#Cc1ccc(-n2c(SCC(=O)O)nc3ncccc32)c2ccccc12. The van der Waals surface area contributed by atoms with E-state index < -0.39 is 5.97 Å². The van der Waals surface area contributed by atoms with Crippen LogP contribution in [0, 0.1) is 11.3 Å². The summed E-state index contributed by atoms with van der Waals surface area (Å²) >= 11 is 1.14. The zero-order chi connectivity index (χ0) is 18.1. The van der Waals surface area contributed by atoms with Crippen LogP contribution in [-0.4, -0.2) is 31.4 Å². The Balaban J connectivity index is 2.03. The van der Waals surface area contributed by atoms with Crippen LogP contribution in [0.2, 0.25) is 0 Å². The zero-order valence-corrected chi connectivity index (χ0v) is 14.3. The van der Waals surface area contributed by atoms with E-state index in [2.05, 4.69) is 16.0 Å². The van der Waals surface area contributed by atoms with Crippen LogP contribution in [0.3, 0.4) is 0 Å². The number of imidazole rings is 1. The number of hydrogen-bond donors (Lipinski definition) is 1. The van der Waals surface area contributed by atoms with Crippen molar-refractivity contribution in [3.63, 3.8) is 0 Å². The van der Waals surface area contributed by atoms with E-state index in [9.17, 15) is 10.1 Å². The van der Waals surface area contributed by atoms with Crippen LogP contribution in [0.1, 0.15) is 5.56 Å². The van der Waals surface area contributed by atoms with Gasteiger partial charge in [0.2, 0.25) is 0 Å². The van der Waals surface area contributed by atoms with Crippen LogP contribution in [-0.2, 0) is 4.79 Å². The number of carbonyl (C=O) groups is 1. The Morgan fingerprint density at radius 2 is 1.96 bits per heavy atom. The van der Waals surface area contributed by atoms with Crippen LogP contribution < -0.4 is 0 Å². The van der Waals surface area contributed by atoms with Gasteiger partial charge in [0.1, 0.15) is 0 Å². The molecule has 26 heavy (non-hydrogen) atoms. The summed E-state index contributed by atoms with van der Waals surface area (Å²) in [5, 5.41) is 20.7. The molecule has 2 heterocycles. The molecule has 0 spiro atoms. The first-order valence-electron chi connectivity index (χ1n) is 7.79. The van der Waals surface area contributed by atoms with Crippen LogP contribution in [0.5, 0.6) is 0 Å². The maximum atomic E-state index is 11.0. The van der Waals surface area contributed by atoms with Gasteiger partial charge in [-0.3, -0.25) is 9.36 Å². The Kier molecular flexibility index (Phi) is 4.03. The van der Waals surface area contributed by atoms with Crippen molar-refractivity contribution in [2.45, 2.75) is 5.16 Å². The van der Waals surface area contributed by atoms with Crippen LogP contribution in [0.25, 0.3) is 27.6 Å². The van der Waals surface area contributed by atoms with E-state index in [0.717, 1.165) is 33.7 Å². The molecule has 0 radical (unpaired) electrons. The number of aromatic nitrogens is 3. The summed E-state index contributed by atoms with van der Waals surface area (Å²) in [5.41, 5.74) is 2.76. The van der Waals surface area contributed by atoms with Crippen LogP contribution in [0.15, 0.2) is 59.9 Å². The minimum atomic E-state index is -0.911. The Labute approximate surface area is 152 Å². The maximum absolute atomic E-state index is 11.0. The van der Waals surface area contributed by atoms with E-state index in [1.54, 1.807) is 12.3 Å². The molecule has 0 saturated carbocycles. The minimum Gasteiger partial charge on any atom is -0.481 e. The Morgan fingerprint density at radius 1 is 1.15 bits per heavy atom. The number of carboxylic acid groups (broad SMARTS) is 1. The first kappa shape index (κ1) is 16.1. The van der Waals surface area contributed by atoms with Gasteiger partial charge in [0.15, 0.2) is 10.8 Å². The van der Waals surface area contributed by atoms with Crippen molar-refractivity contribution in [3.05, 3.63) is 60.3 Å². The van der Waals surface area contributed by atoms with Crippen molar-refractivity contribution < 1.29 is 9.90 Å². The first-order valence-corrected chi connectivity index (χ1v) is 8.78.